The monoisotopic (exact) mass is 415 g/mol. The Kier molecular flexibility index (Phi) is 6.36. The molecule has 3 heterocycles. The third-order valence-corrected chi connectivity index (χ3v) is 5.75. The smallest absolute Gasteiger partial charge is 0.341 e. The van der Waals surface area contributed by atoms with E-state index in [1.165, 1.54) is 17.8 Å². The predicted octanol–water partition coefficient (Wildman–Crippen LogP) is 1.44. The van der Waals surface area contributed by atoms with Crippen molar-refractivity contribution in [2.75, 3.05) is 30.4 Å². The summed E-state index contributed by atoms with van der Waals surface area (Å²) in [4.78, 5) is 32.6. The van der Waals surface area contributed by atoms with Crippen LogP contribution in [0.5, 0.6) is 0 Å². The third kappa shape index (κ3) is 4.70. The second-order valence-electron chi connectivity index (χ2n) is 6.63. The van der Waals surface area contributed by atoms with E-state index in [9.17, 15) is 22.8 Å². The van der Waals surface area contributed by atoms with Crippen LogP contribution in [0.4, 0.5) is 19.1 Å². The predicted molar refractivity (Wildman–Crippen MR) is 99.5 cm³/mol. The number of piperidine rings is 1. The largest absolute Gasteiger partial charge is 0.433 e. The number of nitrogens with two attached hydrogens (primary N) is 1. The average Bonchev–Trinajstić information content (AvgIpc) is 3.14. The summed E-state index contributed by atoms with van der Waals surface area (Å²) in [6, 6.07) is 0.000305. The van der Waals surface area contributed by atoms with E-state index in [-0.39, 0.29) is 17.9 Å². The summed E-state index contributed by atoms with van der Waals surface area (Å²) >= 11 is 1.25. The van der Waals surface area contributed by atoms with Crippen LogP contribution in [0.25, 0.3) is 6.08 Å². The van der Waals surface area contributed by atoms with Crippen LogP contribution in [0.3, 0.4) is 0 Å². The normalized spacial score (nSPS) is 22.6. The molecule has 1 aromatic rings. The Labute approximate surface area is 164 Å². The molecule has 1 aromatic heterocycles. The van der Waals surface area contributed by atoms with Crippen molar-refractivity contribution in [3.63, 3.8) is 0 Å². The van der Waals surface area contributed by atoms with Gasteiger partial charge in [0.2, 0.25) is 11.7 Å². The van der Waals surface area contributed by atoms with Gasteiger partial charge in [-0.25, -0.2) is 9.97 Å². The first-order valence-corrected chi connectivity index (χ1v) is 9.78. The fraction of sp³-hybridized carbons (Fsp3) is 0.529. The first-order valence-electron chi connectivity index (χ1n) is 8.80. The Morgan fingerprint density at radius 1 is 1.36 bits per heavy atom. The molecule has 1 unspecified atom stereocenters. The van der Waals surface area contributed by atoms with Gasteiger partial charge in [0.25, 0.3) is 0 Å². The van der Waals surface area contributed by atoms with Crippen LogP contribution in [0.1, 0.15) is 24.2 Å². The molecule has 0 spiro atoms. The van der Waals surface area contributed by atoms with Gasteiger partial charge < -0.3 is 10.6 Å². The first-order chi connectivity index (χ1) is 13.3. The number of thioether (sulfide) groups is 1. The number of hydrogen-bond donors (Lipinski definition) is 2. The maximum Gasteiger partial charge on any atom is 0.433 e. The molecule has 0 radical (unpaired) electrons. The molecule has 28 heavy (non-hydrogen) atoms. The van der Waals surface area contributed by atoms with Crippen molar-refractivity contribution >= 4 is 35.9 Å². The SMILES string of the molecule is NCC1CCN(c2nc(/C=C3\SCNC3C(=O)C=O)cc(C(F)(F)F)n2)CC1. The van der Waals surface area contributed by atoms with Gasteiger partial charge in [-0.15, -0.1) is 11.8 Å². The van der Waals surface area contributed by atoms with E-state index < -0.39 is 23.7 Å². The zero-order valence-electron chi connectivity index (χ0n) is 14.9. The third-order valence-electron chi connectivity index (χ3n) is 4.76. The number of halogens is 3. The minimum atomic E-state index is -4.63. The number of rotatable bonds is 5. The summed E-state index contributed by atoms with van der Waals surface area (Å²) in [6.07, 6.45) is -1.49. The standard InChI is InChI=1S/C17H20F3N5O2S/c18-17(19,20)14-6-11(5-13-15(12(27)8-26)22-9-28-13)23-16(24-14)25-3-1-10(7-21)2-4-25/h5-6,8,10,15,22H,1-4,7,9,21H2/b13-5-. The van der Waals surface area contributed by atoms with Crippen LogP contribution < -0.4 is 16.0 Å². The second-order valence-corrected chi connectivity index (χ2v) is 7.68. The fourth-order valence-electron chi connectivity index (χ4n) is 3.15. The van der Waals surface area contributed by atoms with E-state index in [1.807, 2.05) is 0 Å². The molecule has 0 aliphatic carbocycles. The van der Waals surface area contributed by atoms with Crippen LogP contribution in [-0.2, 0) is 15.8 Å². The number of anilines is 1. The molecule has 3 N–H and O–H groups in total. The number of ketones is 1. The molecule has 0 saturated carbocycles. The van der Waals surface area contributed by atoms with Crippen molar-refractivity contribution in [2.45, 2.75) is 25.1 Å². The highest BCUT2D eigenvalue weighted by Gasteiger charge is 2.35. The lowest BCUT2D eigenvalue weighted by molar-refractivity contribution is -0.141. The van der Waals surface area contributed by atoms with Gasteiger partial charge in [0.05, 0.1) is 5.69 Å². The number of nitrogens with zero attached hydrogens (tertiary/aromatic N) is 3. The molecule has 0 amide bonds. The Morgan fingerprint density at radius 3 is 2.68 bits per heavy atom. The van der Waals surface area contributed by atoms with Gasteiger partial charge in [-0.3, -0.25) is 14.9 Å². The number of nitrogens with one attached hydrogen (secondary N) is 1. The van der Waals surface area contributed by atoms with E-state index in [1.54, 1.807) is 4.90 Å². The highest BCUT2D eigenvalue weighted by atomic mass is 32.2. The number of aromatic nitrogens is 2. The lowest BCUT2D eigenvalue weighted by atomic mass is 9.97. The quantitative estimate of drug-likeness (QED) is 0.550. The first kappa shape index (κ1) is 20.7. The highest BCUT2D eigenvalue weighted by Crippen LogP contribution is 2.32. The van der Waals surface area contributed by atoms with Gasteiger partial charge in [-0.2, -0.15) is 13.2 Å². The summed E-state index contributed by atoms with van der Waals surface area (Å²) in [7, 11) is 0. The van der Waals surface area contributed by atoms with Crippen molar-refractivity contribution in [1.29, 1.82) is 0 Å². The summed E-state index contributed by atoms with van der Waals surface area (Å²) in [6.45, 7) is 1.61. The molecule has 1 atom stereocenters. The maximum atomic E-state index is 13.3. The molecular weight excluding hydrogens is 395 g/mol. The van der Waals surface area contributed by atoms with E-state index in [4.69, 9.17) is 5.73 Å². The average molecular weight is 415 g/mol. The lowest BCUT2D eigenvalue weighted by Crippen LogP contribution is -2.37. The van der Waals surface area contributed by atoms with Gasteiger partial charge in [0.1, 0.15) is 6.04 Å². The molecule has 2 fully saturated rings. The number of carbonyl (C=O) groups is 2. The van der Waals surface area contributed by atoms with Crippen molar-refractivity contribution in [3.05, 3.63) is 22.4 Å². The zero-order valence-corrected chi connectivity index (χ0v) is 15.7. The van der Waals surface area contributed by atoms with Crippen LogP contribution in [-0.4, -0.2) is 53.6 Å². The van der Waals surface area contributed by atoms with Gasteiger partial charge in [-0.05, 0) is 37.4 Å². The van der Waals surface area contributed by atoms with Gasteiger partial charge in [0.15, 0.2) is 12.0 Å². The summed E-state index contributed by atoms with van der Waals surface area (Å²) in [5, 5.41) is 2.84. The van der Waals surface area contributed by atoms with Crippen molar-refractivity contribution in [2.24, 2.45) is 11.7 Å². The van der Waals surface area contributed by atoms with E-state index in [0.29, 0.717) is 36.3 Å². The molecule has 0 bridgehead atoms. The molecular formula is C17H20F3N5O2S. The van der Waals surface area contributed by atoms with E-state index in [0.717, 1.165) is 18.9 Å². The molecule has 2 aliphatic rings. The Balaban J connectivity index is 1.94. The number of aldehydes is 1. The Hall–Kier alpha value is -1.98. The maximum absolute atomic E-state index is 13.3. The summed E-state index contributed by atoms with van der Waals surface area (Å²) in [5.41, 5.74) is 4.67. The number of hydrogen-bond acceptors (Lipinski definition) is 8. The second kappa shape index (κ2) is 8.58. The van der Waals surface area contributed by atoms with Crippen LogP contribution in [0, 0.1) is 5.92 Å². The topological polar surface area (TPSA) is 101 Å². The molecule has 2 saturated heterocycles. The van der Waals surface area contributed by atoms with E-state index >= 15 is 0 Å². The van der Waals surface area contributed by atoms with Crippen LogP contribution >= 0.6 is 11.8 Å². The van der Waals surface area contributed by atoms with Crippen LogP contribution in [0.2, 0.25) is 0 Å². The van der Waals surface area contributed by atoms with Gasteiger partial charge in [0, 0.05) is 23.9 Å². The minimum absolute atomic E-state index is 0.00589. The summed E-state index contributed by atoms with van der Waals surface area (Å²) < 4.78 is 40.0. The minimum Gasteiger partial charge on any atom is -0.341 e. The van der Waals surface area contributed by atoms with Crippen molar-refractivity contribution in [1.82, 2.24) is 15.3 Å². The Morgan fingerprint density at radius 2 is 2.07 bits per heavy atom. The zero-order chi connectivity index (χ0) is 20.3. The summed E-state index contributed by atoms with van der Waals surface area (Å²) in [5.74, 6) is 0.0590. The molecule has 3 rings (SSSR count). The van der Waals surface area contributed by atoms with E-state index in [2.05, 4.69) is 15.3 Å². The lowest BCUT2D eigenvalue weighted by Gasteiger charge is -2.31. The molecule has 11 heteroatoms. The number of Topliss-reactive ketones (excluding diaryl/α,β-unsaturated/α-hetero) is 1. The van der Waals surface area contributed by atoms with Gasteiger partial charge >= 0.3 is 6.18 Å². The van der Waals surface area contributed by atoms with Crippen molar-refractivity contribution < 1.29 is 22.8 Å². The highest BCUT2D eigenvalue weighted by molar-refractivity contribution is 8.03. The number of alkyl halides is 3. The van der Waals surface area contributed by atoms with Gasteiger partial charge in [-0.1, -0.05) is 0 Å². The molecule has 2 aliphatic heterocycles. The fourth-order valence-corrected chi connectivity index (χ4v) is 4.14. The number of carbonyl (C=O) groups excluding carboxylic acids is 2. The van der Waals surface area contributed by atoms with Crippen LogP contribution in [0.15, 0.2) is 11.0 Å². The molecule has 7 nitrogen and oxygen atoms in total. The molecule has 0 aromatic carbocycles. The molecule has 152 valence electrons. The van der Waals surface area contributed by atoms with Crippen molar-refractivity contribution in [3.8, 4) is 0 Å². The Bertz CT molecular complexity index is 779.